The third-order valence-electron chi connectivity index (χ3n) is 3.91. The lowest BCUT2D eigenvalue weighted by Gasteiger charge is -2.21. The Kier molecular flexibility index (Phi) is 6.03. The molecule has 0 aliphatic heterocycles. The van der Waals surface area contributed by atoms with Crippen molar-refractivity contribution in [1.82, 2.24) is 4.90 Å². The highest BCUT2D eigenvalue weighted by Gasteiger charge is 2.22. The second-order valence-corrected chi connectivity index (χ2v) is 6.69. The van der Waals surface area contributed by atoms with Crippen LogP contribution in [0, 0.1) is 13.8 Å². The molecule has 0 saturated carbocycles. The number of carbonyl (C=O) groups excluding carboxylic acids is 1. The number of benzene rings is 1. The monoisotopic (exact) mass is 363 g/mol. The molecule has 6 nitrogen and oxygen atoms in total. The standard InChI is InChI=1S/C18H21NO5S/c1-11-12(2)25-10-16(11)18(22)19(9-17(20)21)8-13-5-14(23-3)7-15(6-13)24-4/h5-7,10H,8-9H2,1-4H3,(H,20,21). The van der Waals surface area contributed by atoms with Crippen LogP contribution in [-0.2, 0) is 11.3 Å². The van der Waals surface area contributed by atoms with Crippen molar-refractivity contribution in [1.29, 1.82) is 0 Å². The number of rotatable bonds is 7. The van der Waals surface area contributed by atoms with E-state index in [0.717, 1.165) is 16.0 Å². The van der Waals surface area contributed by atoms with Crippen LogP contribution in [0.1, 0.15) is 26.4 Å². The lowest BCUT2D eigenvalue weighted by atomic mass is 10.1. The third-order valence-corrected chi connectivity index (χ3v) is 4.93. The van der Waals surface area contributed by atoms with Gasteiger partial charge in [0.2, 0.25) is 0 Å². The Morgan fingerprint density at radius 3 is 2.16 bits per heavy atom. The minimum absolute atomic E-state index is 0.146. The Morgan fingerprint density at radius 1 is 1.12 bits per heavy atom. The minimum atomic E-state index is -1.06. The van der Waals surface area contributed by atoms with E-state index in [-0.39, 0.29) is 19.0 Å². The highest BCUT2D eigenvalue weighted by molar-refractivity contribution is 7.10. The molecule has 0 radical (unpaired) electrons. The molecule has 0 fully saturated rings. The van der Waals surface area contributed by atoms with Gasteiger partial charge in [-0.05, 0) is 37.1 Å². The van der Waals surface area contributed by atoms with Crippen molar-refractivity contribution < 1.29 is 24.2 Å². The summed E-state index contributed by atoms with van der Waals surface area (Å²) in [6.45, 7) is 3.57. The van der Waals surface area contributed by atoms with Crippen molar-refractivity contribution in [2.45, 2.75) is 20.4 Å². The maximum absolute atomic E-state index is 12.8. The van der Waals surface area contributed by atoms with Gasteiger partial charge >= 0.3 is 5.97 Å². The summed E-state index contributed by atoms with van der Waals surface area (Å²) in [7, 11) is 3.08. The summed E-state index contributed by atoms with van der Waals surface area (Å²) < 4.78 is 10.5. The van der Waals surface area contributed by atoms with Crippen LogP contribution in [0.25, 0.3) is 0 Å². The molecule has 0 aliphatic rings. The molecule has 1 aromatic carbocycles. The van der Waals surface area contributed by atoms with Gasteiger partial charge in [-0.1, -0.05) is 0 Å². The van der Waals surface area contributed by atoms with Gasteiger partial charge in [-0.3, -0.25) is 9.59 Å². The predicted molar refractivity (Wildman–Crippen MR) is 95.7 cm³/mol. The zero-order valence-electron chi connectivity index (χ0n) is 14.7. The first-order valence-corrected chi connectivity index (χ1v) is 8.51. The fraction of sp³-hybridized carbons (Fsp3) is 0.333. The SMILES string of the molecule is COc1cc(CN(CC(=O)O)C(=O)c2csc(C)c2C)cc(OC)c1. The van der Waals surface area contributed by atoms with Crippen LogP contribution in [-0.4, -0.2) is 42.6 Å². The van der Waals surface area contributed by atoms with Crippen LogP contribution in [0.4, 0.5) is 0 Å². The minimum Gasteiger partial charge on any atom is -0.497 e. The first kappa shape index (κ1) is 18.8. The summed E-state index contributed by atoms with van der Waals surface area (Å²) in [4.78, 5) is 26.4. The first-order valence-electron chi connectivity index (χ1n) is 7.63. The van der Waals surface area contributed by atoms with Gasteiger partial charge in [-0.25, -0.2) is 0 Å². The maximum atomic E-state index is 12.8. The first-order chi connectivity index (χ1) is 11.8. The lowest BCUT2D eigenvalue weighted by Crippen LogP contribution is -2.35. The van der Waals surface area contributed by atoms with Crippen molar-refractivity contribution in [3.8, 4) is 11.5 Å². The lowest BCUT2D eigenvalue weighted by molar-refractivity contribution is -0.137. The second-order valence-electron chi connectivity index (χ2n) is 5.61. The Balaban J connectivity index is 2.33. The van der Waals surface area contributed by atoms with E-state index in [2.05, 4.69) is 0 Å². The smallest absolute Gasteiger partial charge is 0.323 e. The highest BCUT2D eigenvalue weighted by Crippen LogP contribution is 2.26. The molecule has 1 heterocycles. The molecular weight excluding hydrogens is 342 g/mol. The third kappa shape index (κ3) is 4.51. The number of amides is 1. The normalized spacial score (nSPS) is 10.4. The molecule has 7 heteroatoms. The molecule has 25 heavy (non-hydrogen) atoms. The molecule has 1 amide bonds. The van der Waals surface area contributed by atoms with E-state index in [1.54, 1.807) is 23.6 Å². The number of aryl methyl sites for hydroxylation is 1. The van der Waals surface area contributed by atoms with Gasteiger partial charge in [-0.2, -0.15) is 0 Å². The van der Waals surface area contributed by atoms with Gasteiger partial charge in [0.05, 0.1) is 19.8 Å². The van der Waals surface area contributed by atoms with Crippen molar-refractivity contribution in [3.63, 3.8) is 0 Å². The predicted octanol–water partition coefficient (Wildman–Crippen LogP) is 3.11. The number of carboxylic acid groups (broad SMARTS) is 1. The molecule has 2 rings (SSSR count). The molecule has 0 aliphatic carbocycles. The summed E-state index contributed by atoms with van der Waals surface area (Å²) in [5, 5.41) is 11.0. The molecule has 0 atom stereocenters. The van der Waals surface area contributed by atoms with E-state index in [1.165, 1.54) is 30.5 Å². The largest absolute Gasteiger partial charge is 0.497 e. The molecule has 0 bridgehead atoms. The fourth-order valence-corrected chi connectivity index (χ4v) is 3.29. The Morgan fingerprint density at radius 2 is 1.72 bits per heavy atom. The quantitative estimate of drug-likeness (QED) is 0.818. The second kappa shape index (κ2) is 8.02. The zero-order valence-corrected chi connectivity index (χ0v) is 15.5. The average Bonchev–Trinajstić information content (AvgIpc) is 2.92. The number of thiophene rings is 1. The number of hydrogen-bond donors (Lipinski definition) is 1. The van der Waals surface area contributed by atoms with E-state index >= 15 is 0 Å². The van der Waals surface area contributed by atoms with E-state index in [0.29, 0.717) is 17.1 Å². The number of carbonyl (C=O) groups is 2. The zero-order chi connectivity index (χ0) is 18.6. The molecule has 1 N–H and O–H groups in total. The van der Waals surface area contributed by atoms with Crippen molar-refractivity contribution in [2.75, 3.05) is 20.8 Å². The van der Waals surface area contributed by atoms with Crippen LogP contribution >= 0.6 is 11.3 Å². The van der Waals surface area contributed by atoms with E-state index in [1.807, 2.05) is 13.8 Å². The number of methoxy groups -OCH3 is 2. The van der Waals surface area contributed by atoms with Crippen LogP contribution < -0.4 is 9.47 Å². The Bertz CT molecular complexity index is 762. The number of hydrogen-bond acceptors (Lipinski definition) is 5. The topological polar surface area (TPSA) is 76.1 Å². The van der Waals surface area contributed by atoms with Crippen LogP contribution in [0.3, 0.4) is 0 Å². The summed E-state index contributed by atoms with van der Waals surface area (Å²) in [6, 6.07) is 5.24. The van der Waals surface area contributed by atoms with Gasteiger partial charge in [-0.15, -0.1) is 11.3 Å². The van der Waals surface area contributed by atoms with E-state index < -0.39 is 5.97 Å². The number of ether oxygens (including phenoxy) is 2. The fourth-order valence-electron chi connectivity index (χ4n) is 2.44. The van der Waals surface area contributed by atoms with Gasteiger partial charge in [0.15, 0.2) is 0 Å². The van der Waals surface area contributed by atoms with Crippen molar-refractivity contribution in [2.24, 2.45) is 0 Å². The van der Waals surface area contributed by atoms with Crippen molar-refractivity contribution >= 4 is 23.2 Å². The maximum Gasteiger partial charge on any atom is 0.323 e. The van der Waals surface area contributed by atoms with Crippen LogP contribution in [0.15, 0.2) is 23.6 Å². The van der Waals surface area contributed by atoms with Gasteiger partial charge in [0, 0.05) is 22.9 Å². The summed E-state index contributed by atoms with van der Waals surface area (Å²) in [5.74, 6) is -0.196. The van der Waals surface area contributed by atoms with Crippen molar-refractivity contribution in [3.05, 3.63) is 45.1 Å². The van der Waals surface area contributed by atoms with Crippen LogP contribution in [0.5, 0.6) is 11.5 Å². The molecule has 0 unspecified atom stereocenters. The Hall–Kier alpha value is -2.54. The molecular formula is C18H21NO5S. The van der Waals surface area contributed by atoms with E-state index in [4.69, 9.17) is 9.47 Å². The molecule has 0 saturated heterocycles. The summed E-state index contributed by atoms with van der Waals surface area (Å²) >= 11 is 1.48. The number of aliphatic carboxylic acids is 1. The van der Waals surface area contributed by atoms with Gasteiger partial charge in [0.25, 0.3) is 5.91 Å². The van der Waals surface area contributed by atoms with Gasteiger partial charge < -0.3 is 19.5 Å². The molecule has 0 spiro atoms. The van der Waals surface area contributed by atoms with Crippen LogP contribution in [0.2, 0.25) is 0 Å². The highest BCUT2D eigenvalue weighted by atomic mass is 32.1. The average molecular weight is 363 g/mol. The molecule has 2 aromatic rings. The molecule has 134 valence electrons. The van der Waals surface area contributed by atoms with E-state index in [9.17, 15) is 14.7 Å². The number of carboxylic acids is 1. The summed E-state index contributed by atoms with van der Waals surface area (Å²) in [5.41, 5.74) is 2.16. The summed E-state index contributed by atoms with van der Waals surface area (Å²) in [6.07, 6.45) is 0. The Labute approximate surface area is 150 Å². The number of nitrogens with zero attached hydrogens (tertiary/aromatic N) is 1. The van der Waals surface area contributed by atoms with Gasteiger partial charge in [0.1, 0.15) is 18.0 Å². The molecule has 1 aromatic heterocycles.